The highest BCUT2D eigenvalue weighted by Crippen LogP contribution is 2.32. The molecule has 30 heavy (non-hydrogen) atoms. The first-order valence-electron chi connectivity index (χ1n) is 9.48. The normalized spacial score (nSPS) is 16.0. The van der Waals surface area contributed by atoms with Gasteiger partial charge in [0.15, 0.2) is 5.13 Å². The van der Waals surface area contributed by atoms with Gasteiger partial charge in [0.05, 0.1) is 10.6 Å². The first kappa shape index (κ1) is 20.5. The summed E-state index contributed by atoms with van der Waals surface area (Å²) in [7, 11) is -3.90. The number of nitrogens with zero attached hydrogens (tertiary/aromatic N) is 1. The molecule has 2 N–H and O–H groups in total. The quantitative estimate of drug-likeness (QED) is 0.607. The fourth-order valence-corrected chi connectivity index (χ4v) is 5.53. The summed E-state index contributed by atoms with van der Waals surface area (Å²) in [6.07, 6.45) is 2.99. The second-order valence-electron chi connectivity index (χ2n) is 7.33. The van der Waals surface area contributed by atoms with Crippen LogP contribution in [0.15, 0.2) is 53.4 Å². The fourth-order valence-electron chi connectivity index (χ4n) is 3.31. The van der Waals surface area contributed by atoms with Gasteiger partial charge in [0.25, 0.3) is 15.9 Å². The number of benzene rings is 2. The summed E-state index contributed by atoms with van der Waals surface area (Å²) >= 11 is 1.49. The second kappa shape index (κ2) is 8.16. The van der Waals surface area contributed by atoms with Gasteiger partial charge >= 0.3 is 0 Å². The van der Waals surface area contributed by atoms with E-state index in [0.29, 0.717) is 16.6 Å². The van der Waals surface area contributed by atoms with E-state index in [-0.39, 0.29) is 16.5 Å². The third kappa shape index (κ3) is 4.52. The predicted molar refractivity (Wildman–Crippen MR) is 115 cm³/mol. The van der Waals surface area contributed by atoms with Crippen molar-refractivity contribution in [3.05, 3.63) is 70.5 Å². The molecule has 1 aliphatic rings. The number of amides is 1. The summed E-state index contributed by atoms with van der Waals surface area (Å²) in [5.74, 6) is -0.268. The van der Waals surface area contributed by atoms with Gasteiger partial charge in [-0.2, -0.15) is 0 Å². The molecule has 0 bridgehead atoms. The van der Waals surface area contributed by atoms with E-state index in [9.17, 15) is 17.6 Å². The number of hydrogen-bond acceptors (Lipinski definition) is 5. The van der Waals surface area contributed by atoms with Crippen molar-refractivity contribution in [3.8, 4) is 0 Å². The lowest BCUT2D eigenvalue weighted by Gasteiger charge is -2.15. The molecule has 0 saturated heterocycles. The van der Waals surface area contributed by atoms with Gasteiger partial charge < -0.3 is 0 Å². The maximum absolute atomic E-state index is 13.1. The molecular weight excluding hydrogens is 425 g/mol. The van der Waals surface area contributed by atoms with Gasteiger partial charge in [0, 0.05) is 16.1 Å². The minimum absolute atomic E-state index is 0.0682. The Labute approximate surface area is 178 Å². The molecule has 0 unspecified atom stereocenters. The lowest BCUT2D eigenvalue weighted by Crippen LogP contribution is -2.15. The van der Waals surface area contributed by atoms with Crippen LogP contribution < -0.4 is 10.0 Å². The number of hydrogen-bond donors (Lipinski definition) is 2. The average molecular weight is 446 g/mol. The highest BCUT2D eigenvalue weighted by atomic mass is 32.2. The Kier molecular flexibility index (Phi) is 5.57. The number of rotatable bonds is 5. The second-order valence-corrected chi connectivity index (χ2v) is 10.1. The van der Waals surface area contributed by atoms with Crippen molar-refractivity contribution >= 4 is 38.1 Å². The van der Waals surface area contributed by atoms with Crippen molar-refractivity contribution in [2.75, 3.05) is 10.0 Å². The molecule has 1 aliphatic carbocycles. The van der Waals surface area contributed by atoms with Crippen LogP contribution in [-0.2, 0) is 22.9 Å². The van der Waals surface area contributed by atoms with Crippen molar-refractivity contribution in [3.63, 3.8) is 0 Å². The zero-order chi connectivity index (χ0) is 21.3. The molecular formula is C21H20FN3O3S2. The van der Waals surface area contributed by atoms with Crippen LogP contribution in [0.4, 0.5) is 15.2 Å². The number of aryl methyl sites for hydroxylation is 1. The van der Waals surface area contributed by atoms with Crippen molar-refractivity contribution in [1.82, 2.24) is 4.98 Å². The lowest BCUT2D eigenvalue weighted by molar-refractivity contribution is 0.102. The molecule has 0 aliphatic heterocycles. The molecule has 3 aromatic rings. The van der Waals surface area contributed by atoms with Gasteiger partial charge in [0.1, 0.15) is 5.82 Å². The molecule has 9 heteroatoms. The largest absolute Gasteiger partial charge is 0.298 e. The van der Waals surface area contributed by atoms with E-state index < -0.39 is 15.8 Å². The Morgan fingerprint density at radius 1 is 1.20 bits per heavy atom. The molecule has 6 nitrogen and oxygen atoms in total. The van der Waals surface area contributed by atoms with E-state index in [1.807, 2.05) is 0 Å². The maximum atomic E-state index is 13.1. The van der Waals surface area contributed by atoms with Gasteiger partial charge in [-0.3, -0.25) is 14.8 Å². The Hall–Kier alpha value is -2.78. The Morgan fingerprint density at radius 2 is 1.97 bits per heavy atom. The van der Waals surface area contributed by atoms with E-state index in [2.05, 4.69) is 21.9 Å². The van der Waals surface area contributed by atoms with Crippen molar-refractivity contribution in [1.29, 1.82) is 0 Å². The number of carbonyl (C=O) groups is 1. The molecule has 0 fully saturated rings. The van der Waals surface area contributed by atoms with E-state index in [0.717, 1.165) is 37.1 Å². The highest BCUT2D eigenvalue weighted by Gasteiger charge is 2.21. The van der Waals surface area contributed by atoms with E-state index in [1.54, 1.807) is 18.2 Å². The Morgan fingerprint density at radius 3 is 2.73 bits per heavy atom. The van der Waals surface area contributed by atoms with Crippen LogP contribution in [0.5, 0.6) is 0 Å². The first-order chi connectivity index (χ1) is 14.3. The molecule has 4 rings (SSSR count). The third-order valence-electron chi connectivity index (χ3n) is 4.91. The SMILES string of the molecule is C[C@H]1CCc2nc(NC(=O)c3cccc(NS(=O)(=O)c4ccc(F)cc4)c3)sc2C1. The van der Waals surface area contributed by atoms with Crippen molar-refractivity contribution < 1.29 is 17.6 Å². The van der Waals surface area contributed by atoms with Crippen LogP contribution in [-0.4, -0.2) is 19.3 Å². The van der Waals surface area contributed by atoms with Gasteiger partial charge in [-0.1, -0.05) is 13.0 Å². The number of aromatic nitrogens is 1. The number of carbonyl (C=O) groups excluding carboxylic acids is 1. The summed E-state index contributed by atoms with van der Waals surface area (Å²) < 4.78 is 40.4. The highest BCUT2D eigenvalue weighted by molar-refractivity contribution is 7.92. The van der Waals surface area contributed by atoms with E-state index >= 15 is 0 Å². The molecule has 2 aromatic carbocycles. The van der Waals surface area contributed by atoms with Crippen LogP contribution >= 0.6 is 11.3 Å². The number of sulfonamides is 1. The summed E-state index contributed by atoms with van der Waals surface area (Å²) in [5.41, 5.74) is 1.59. The molecule has 0 saturated carbocycles. The fraction of sp³-hybridized carbons (Fsp3) is 0.238. The average Bonchev–Trinajstić information content (AvgIpc) is 3.09. The van der Waals surface area contributed by atoms with Crippen molar-refractivity contribution in [2.24, 2.45) is 5.92 Å². The van der Waals surface area contributed by atoms with Crippen LogP contribution in [0.3, 0.4) is 0 Å². The molecule has 1 atom stereocenters. The minimum Gasteiger partial charge on any atom is -0.298 e. The van der Waals surface area contributed by atoms with Gasteiger partial charge in [-0.15, -0.1) is 11.3 Å². The first-order valence-corrected chi connectivity index (χ1v) is 11.8. The molecule has 156 valence electrons. The standard InChI is InChI=1S/C21H20FN3O3S2/c1-13-5-10-18-19(11-13)29-21(23-18)24-20(26)14-3-2-4-16(12-14)25-30(27,28)17-8-6-15(22)7-9-17/h2-4,6-9,12-13,25H,5,10-11H2,1H3,(H,23,24,26)/t13-/m0/s1. The van der Waals surface area contributed by atoms with Crippen LogP contribution in [0, 0.1) is 11.7 Å². The number of thiazole rings is 1. The number of anilines is 2. The van der Waals surface area contributed by atoms with E-state index in [1.165, 1.54) is 34.4 Å². The molecule has 1 heterocycles. The maximum Gasteiger partial charge on any atom is 0.261 e. The Balaban J connectivity index is 1.49. The molecule has 0 radical (unpaired) electrons. The summed E-state index contributed by atoms with van der Waals surface area (Å²) in [6.45, 7) is 2.21. The van der Waals surface area contributed by atoms with Gasteiger partial charge in [-0.05, 0) is 67.6 Å². The summed E-state index contributed by atoms with van der Waals surface area (Å²) in [6, 6.07) is 10.7. The van der Waals surface area contributed by atoms with Crippen molar-refractivity contribution in [2.45, 2.75) is 31.1 Å². The zero-order valence-corrected chi connectivity index (χ0v) is 17.8. The van der Waals surface area contributed by atoms with Crippen LogP contribution in [0.2, 0.25) is 0 Å². The van der Waals surface area contributed by atoms with Crippen LogP contribution in [0.1, 0.15) is 34.3 Å². The zero-order valence-electron chi connectivity index (χ0n) is 16.2. The summed E-state index contributed by atoms with van der Waals surface area (Å²) in [4.78, 5) is 18.3. The number of fused-ring (bicyclic) bond motifs is 1. The monoisotopic (exact) mass is 445 g/mol. The van der Waals surface area contributed by atoms with E-state index in [4.69, 9.17) is 0 Å². The summed E-state index contributed by atoms with van der Waals surface area (Å²) in [5, 5.41) is 3.36. The van der Waals surface area contributed by atoms with Crippen LogP contribution in [0.25, 0.3) is 0 Å². The smallest absolute Gasteiger partial charge is 0.261 e. The molecule has 0 spiro atoms. The number of nitrogens with one attached hydrogen (secondary N) is 2. The molecule has 1 amide bonds. The Bertz CT molecular complexity index is 1190. The topological polar surface area (TPSA) is 88.2 Å². The third-order valence-corrected chi connectivity index (χ3v) is 7.34. The minimum atomic E-state index is -3.90. The predicted octanol–water partition coefficient (Wildman–Crippen LogP) is 4.46. The number of halogens is 1. The lowest BCUT2D eigenvalue weighted by atomic mass is 9.93. The molecule has 1 aromatic heterocycles. The van der Waals surface area contributed by atoms with Gasteiger partial charge in [-0.25, -0.2) is 17.8 Å². The van der Waals surface area contributed by atoms with Gasteiger partial charge in [0.2, 0.25) is 0 Å².